The molecule has 0 atom stereocenters. The van der Waals surface area contributed by atoms with E-state index in [1.54, 1.807) is 25.1 Å². The minimum atomic E-state index is -0.298. The predicted molar refractivity (Wildman–Crippen MR) is 86.2 cm³/mol. The van der Waals surface area contributed by atoms with Crippen molar-refractivity contribution in [3.8, 4) is 0 Å². The second kappa shape index (κ2) is 5.17. The summed E-state index contributed by atoms with van der Waals surface area (Å²) < 4.78 is 4.95. The van der Waals surface area contributed by atoms with Crippen molar-refractivity contribution in [3.63, 3.8) is 0 Å². The molecule has 1 amide bonds. The molecule has 0 bridgehead atoms. The molecule has 0 unspecified atom stereocenters. The molecule has 1 N–H and O–H groups in total. The lowest BCUT2D eigenvalue weighted by molar-refractivity contribution is 0.102. The number of amides is 1. The summed E-state index contributed by atoms with van der Waals surface area (Å²) in [7, 11) is 0. The molecule has 0 spiro atoms. The first-order valence-electron chi connectivity index (χ1n) is 7.11. The third-order valence-electron chi connectivity index (χ3n) is 3.48. The maximum absolute atomic E-state index is 12.5. The smallest absolute Gasteiger partial charge is 0.259 e. The minimum Gasteiger partial charge on any atom is -0.360 e. The van der Waals surface area contributed by atoms with Crippen LogP contribution in [-0.2, 0) is 0 Å². The Bertz CT molecular complexity index is 1040. The number of carbonyl (C=O) groups is 1. The zero-order chi connectivity index (χ0) is 15.8. The van der Waals surface area contributed by atoms with Crippen LogP contribution in [0.3, 0.4) is 0 Å². The highest BCUT2D eigenvalue weighted by Gasteiger charge is 2.14. The van der Waals surface area contributed by atoms with Gasteiger partial charge in [-0.15, -0.1) is 0 Å². The highest BCUT2D eigenvalue weighted by atomic mass is 16.5. The lowest BCUT2D eigenvalue weighted by Crippen LogP contribution is -2.13. The van der Waals surface area contributed by atoms with Gasteiger partial charge in [0.25, 0.3) is 5.91 Å². The fourth-order valence-electron chi connectivity index (χ4n) is 2.43. The Balaban J connectivity index is 1.82. The average molecular weight is 304 g/mol. The third-order valence-corrected chi connectivity index (χ3v) is 3.48. The van der Waals surface area contributed by atoms with Gasteiger partial charge in [-0.05, 0) is 31.2 Å². The van der Waals surface area contributed by atoms with Gasteiger partial charge in [-0.2, -0.15) is 0 Å². The minimum absolute atomic E-state index is 0.298. The summed E-state index contributed by atoms with van der Waals surface area (Å²) in [5.74, 6) is 0.704. The van der Waals surface area contributed by atoms with Gasteiger partial charge in [-0.1, -0.05) is 23.4 Å². The Hall–Kier alpha value is -3.28. The van der Waals surface area contributed by atoms with E-state index in [9.17, 15) is 4.79 Å². The van der Waals surface area contributed by atoms with Crippen LogP contribution in [0.25, 0.3) is 22.1 Å². The van der Waals surface area contributed by atoms with Crippen LogP contribution < -0.4 is 5.32 Å². The molecule has 2 aromatic heterocycles. The largest absolute Gasteiger partial charge is 0.360 e. The standard InChI is InChI=1S/C17H12N4O2/c1-10-9-15(21-23-10)20-17(22)11-5-4-8-14-16(11)19-13-7-3-2-6-12(13)18-14/h2-9H,1H3,(H,20,21,22). The van der Waals surface area contributed by atoms with Gasteiger partial charge in [0.15, 0.2) is 5.82 Å². The molecule has 2 heterocycles. The molecule has 2 aromatic carbocycles. The van der Waals surface area contributed by atoms with Crippen molar-refractivity contribution in [3.05, 3.63) is 59.9 Å². The number of fused-ring (bicyclic) bond motifs is 2. The van der Waals surface area contributed by atoms with E-state index in [2.05, 4.69) is 20.4 Å². The molecular weight excluding hydrogens is 292 g/mol. The summed E-state index contributed by atoms with van der Waals surface area (Å²) in [4.78, 5) is 21.6. The van der Waals surface area contributed by atoms with Crippen LogP contribution in [0.1, 0.15) is 16.1 Å². The second-order valence-electron chi connectivity index (χ2n) is 5.16. The topological polar surface area (TPSA) is 80.9 Å². The maximum atomic E-state index is 12.5. The number of carbonyl (C=O) groups excluding carboxylic acids is 1. The molecule has 0 saturated carbocycles. The van der Waals surface area contributed by atoms with E-state index in [1.165, 1.54) is 0 Å². The number of hydrogen-bond donors (Lipinski definition) is 1. The molecule has 0 aliphatic rings. The van der Waals surface area contributed by atoms with Crippen molar-refractivity contribution in [2.75, 3.05) is 5.32 Å². The molecule has 4 rings (SSSR count). The van der Waals surface area contributed by atoms with Crippen molar-refractivity contribution in [2.24, 2.45) is 0 Å². The molecule has 0 aliphatic heterocycles. The number of benzene rings is 2. The van der Waals surface area contributed by atoms with Gasteiger partial charge in [-0.25, -0.2) is 9.97 Å². The van der Waals surface area contributed by atoms with E-state index in [0.29, 0.717) is 28.2 Å². The summed E-state index contributed by atoms with van der Waals surface area (Å²) in [5, 5.41) is 6.48. The van der Waals surface area contributed by atoms with Crippen LogP contribution in [0.4, 0.5) is 5.82 Å². The van der Waals surface area contributed by atoms with E-state index in [4.69, 9.17) is 4.52 Å². The van der Waals surface area contributed by atoms with E-state index in [0.717, 1.165) is 11.0 Å². The van der Waals surface area contributed by atoms with Crippen molar-refractivity contribution in [2.45, 2.75) is 6.92 Å². The number of hydrogen-bond acceptors (Lipinski definition) is 5. The van der Waals surface area contributed by atoms with Crippen LogP contribution >= 0.6 is 0 Å². The van der Waals surface area contributed by atoms with Gasteiger partial charge in [0.1, 0.15) is 11.3 Å². The molecule has 23 heavy (non-hydrogen) atoms. The third kappa shape index (κ3) is 2.40. The number of aromatic nitrogens is 3. The van der Waals surface area contributed by atoms with Gasteiger partial charge in [-0.3, -0.25) is 4.79 Å². The molecule has 0 saturated heterocycles. The first kappa shape index (κ1) is 13.4. The average Bonchev–Trinajstić information content (AvgIpc) is 2.97. The van der Waals surface area contributed by atoms with E-state index in [-0.39, 0.29) is 5.91 Å². The number of nitrogens with one attached hydrogen (secondary N) is 1. The lowest BCUT2D eigenvalue weighted by atomic mass is 10.1. The molecule has 0 aliphatic carbocycles. The normalized spacial score (nSPS) is 11.0. The summed E-state index contributed by atoms with van der Waals surface area (Å²) >= 11 is 0. The molecule has 4 aromatic rings. The monoisotopic (exact) mass is 304 g/mol. The second-order valence-corrected chi connectivity index (χ2v) is 5.16. The van der Waals surface area contributed by atoms with E-state index >= 15 is 0 Å². The Labute approximate surface area is 131 Å². The zero-order valence-electron chi connectivity index (χ0n) is 12.3. The summed E-state index contributed by atoms with van der Waals surface area (Å²) in [6.45, 7) is 1.76. The van der Waals surface area contributed by atoms with Crippen LogP contribution in [-0.4, -0.2) is 21.0 Å². The summed E-state index contributed by atoms with van der Waals surface area (Å²) in [6, 6.07) is 14.6. The van der Waals surface area contributed by atoms with Crippen LogP contribution in [0.5, 0.6) is 0 Å². The maximum Gasteiger partial charge on any atom is 0.259 e. The Morgan fingerprint density at radius 2 is 1.74 bits per heavy atom. The van der Waals surface area contributed by atoms with Gasteiger partial charge < -0.3 is 9.84 Å². The lowest BCUT2D eigenvalue weighted by Gasteiger charge is -2.06. The van der Waals surface area contributed by atoms with Crippen molar-refractivity contribution in [1.29, 1.82) is 0 Å². The number of nitrogens with zero attached hydrogens (tertiary/aromatic N) is 3. The molecule has 6 heteroatoms. The number of para-hydroxylation sites is 3. The first-order valence-corrected chi connectivity index (χ1v) is 7.11. The van der Waals surface area contributed by atoms with E-state index in [1.807, 2.05) is 30.3 Å². The molecule has 0 radical (unpaired) electrons. The predicted octanol–water partition coefficient (Wildman–Crippen LogP) is 3.33. The molecule has 0 fully saturated rings. The quantitative estimate of drug-likeness (QED) is 0.574. The first-order chi connectivity index (χ1) is 11.2. The zero-order valence-corrected chi connectivity index (χ0v) is 12.3. The highest BCUT2D eigenvalue weighted by Crippen LogP contribution is 2.20. The van der Waals surface area contributed by atoms with Crippen LogP contribution in [0.2, 0.25) is 0 Å². The number of anilines is 1. The SMILES string of the molecule is Cc1cc(NC(=O)c2cccc3nc4ccccc4nc23)no1. The highest BCUT2D eigenvalue weighted by molar-refractivity contribution is 6.11. The van der Waals surface area contributed by atoms with Gasteiger partial charge in [0.2, 0.25) is 0 Å². The van der Waals surface area contributed by atoms with Crippen LogP contribution in [0, 0.1) is 6.92 Å². The summed E-state index contributed by atoms with van der Waals surface area (Å²) in [5.41, 5.74) is 3.22. The fourth-order valence-corrected chi connectivity index (χ4v) is 2.43. The molecule has 112 valence electrons. The number of aryl methyl sites for hydroxylation is 1. The van der Waals surface area contributed by atoms with Crippen LogP contribution in [0.15, 0.2) is 53.1 Å². The Kier molecular flexibility index (Phi) is 3.01. The molecular formula is C17H12N4O2. The van der Waals surface area contributed by atoms with Gasteiger partial charge in [0, 0.05) is 6.07 Å². The van der Waals surface area contributed by atoms with Crippen molar-refractivity contribution < 1.29 is 9.32 Å². The Morgan fingerprint density at radius 3 is 2.48 bits per heavy atom. The van der Waals surface area contributed by atoms with Crippen molar-refractivity contribution >= 4 is 33.8 Å². The summed E-state index contributed by atoms with van der Waals surface area (Å²) in [6.07, 6.45) is 0. The number of rotatable bonds is 2. The van der Waals surface area contributed by atoms with Crippen molar-refractivity contribution in [1.82, 2.24) is 15.1 Å². The fraction of sp³-hybridized carbons (Fsp3) is 0.0588. The van der Waals surface area contributed by atoms with Gasteiger partial charge in [0.05, 0.1) is 22.1 Å². The van der Waals surface area contributed by atoms with E-state index < -0.39 is 0 Å². The molecule has 6 nitrogen and oxygen atoms in total. The van der Waals surface area contributed by atoms with Gasteiger partial charge >= 0.3 is 0 Å². The Morgan fingerprint density at radius 1 is 1.00 bits per heavy atom.